The van der Waals surface area contributed by atoms with Crippen molar-refractivity contribution in [2.75, 3.05) is 5.32 Å². The lowest BCUT2D eigenvalue weighted by Crippen LogP contribution is -2.14. The second kappa shape index (κ2) is 6.42. The third-order valence-electron chi connectivity index (χ3n) is 2.97. The van der Waals surface area contributed by atoms with Crippen molar-refractivity contribution >= 4 is 39.1 Å². The van der Waals surface area contributed by atoms with Crippen LogP contribution >= 0.6 is 27.5 Å². The molecule has 2 nitrogen and oxygen atoms in total. The van der Waals surface area contributed by atoms with Crippen molar-refractivity contribution in [2.24, 2.45) is 0 Å². The molecule has 0 bridgehead atoms. The van der Waals surface area contributed by atoms with Crippen molar-refractivity contribution in [3.63, 3.8) is 0 Å². The maximum atomic E-state index is 12.0. The highest BCUT2D eigenvalue weighted by Crippen LogP contribution is 2.25. The van der Waals surface area contributed by atoms with Gasteiger partial charge in [0.05, 0.1) is 6.42 Å². The molecule has 0 aliphatic heterocycles. The summed E-state index contributed by atoms with van der Waals surface area (Å²) in [5.41, 5.74) is 3.92. The van der Waals surface area contributed by atoms with E-state index in [1.807, 2.05) is 38.1 Å². The fourth-order valence-corrected chi connectivity index (χ4v) is 2.50. The molecule has 0 atom stereocenters. The van der Waals surface area contributed by atoms with Crippen LogP contribution in [0.4, 0.5) is 5.69 Å². The standard InChI is InChI=1S/C16H15BrClNO/c1-10-6-14(7-11(2)16(10)17)19-15(20)9-12-4-3-5-13(18)8-12/h3-8H,9H2,1-2H3,(H,19,20). The van der Waals surface area contributed by atoms with E-state index in [9.17, 15) is 4.79 Å². The van der Waals surface area contributed by atoms with Gasteiger partial charge in [-0.3, -0.25) is 4.79 Å². The van der Waals surface area contributed by atoms with Gasteiger partial charge in [0.1, 0.15) is 0 Å². The highest BCUT2D eigenvalue weighted by molar-refractivity contribution is 9.10. The molecular weight excluding hydrogens is 338 g/mol. The SMILES string of the molecule is Cc1cc(NC(=O)Cc2cccc(Cl)c2)cc(C)c1Br. The van der Waals surface area contributed by atoms with Gasteiger partial charge >= 0.3 is 0 Å². The van der Waals surface area contributed by atoms with E-state index in [1.54, 1.807) is 12.1 Å². The zero-order chi connectivity index (χ0) is 14.7. The number of nitrogens with one attached hydrogen (secondary N) is 1. The van der Waals surface area contributed by atoms with Crippen molar-refractivity contribution in [3.8, 4) is 0 Å². The molecule has 104 valence electrons. The third kappa shape index (κ3) is 3.84. The van der Waals surface area contributed by atoms with E-state index in [0.717, 1.165) is 26.9 Å². The summed E-state index contributed by atoms with van der Waals surface area (Å²) in [6.07, 6.45) is 0.314. The molecule has 4 heteroatoms. The number of hydrogen-bond donors (Lipinski definition) is 1. The molecule has 1 amide bonds. The quantitative estimate of drug-likeness (QED) is 0.836. The van der Waals surface area contributed by atoms with E-state index in [-0.39, 0.29) is 5.91 Å². The average Bonchev–Trinajstić information content (AvgIpc) is 2.35. The Morgan fingerprint density at radius 3 is 2.45 bits per heavy atom. The van der Waals surface area contributed by atoms with Crippen molar-refractivity contribution in [2.45, 2.75) is 20.3 Å². The van der Waals surface area contributed by atoms with Crippen molar-refractivity contribution in [1.29, 1.82) is 0 Å². The lowest BCUT2D eigenvalue weighted by Gasteiger charge is -2.10. The normalized spacial score (nSPS) is 10.4. The van der Waals surface area contributed by atoms with Crippen LogP contribution in [0.3, 0.4) is 0 Å². The summed E-state index contributed by atoms with van der Waals surface area (Å²) in [6, 6.07) is 11.2. The Hall–Kier alpha value is -1.32. The molecule has 0 radical (unpaired) electrons. The van der Waals surface area contributed by atoms with Crippen LogP contribution in [0.2, 0.25) is 5.02 Å². The number of halogens is 2. The summed E-state index contributed by atoms with van der Waals surface area (Å²) in [6.45, 7) is 4.01. The Morgan fingerprint density at radius 2 is 1.85 bits per heavy atom. The zero-order valence-corrected chi connectivity index (χ0v) is 13.7. The first kappa shape index (κ1) is 15.1. The van der Waals surface area contributed by atoms with Crippen LogP contribution in [0, 0.1) is 13.8 Å². The summed E-state index contributed by atoms with van der Waals surface area (Å²) >= 11 is 9.42. The first-order valence-electron chi connectivity index (χ1n) is 6.27. The molecule has 0 saturated heterocycles. The Balaban J connectivity index is 2.09. The highest BCUT2D eigenvalue weighted by Gasteiger charge is 2.07. The van der Waals surface area contributed by atoms with Gasteiger partial charge in [0.2, 0.25) is 5.91 Å². The number of carbonyl (C=O) groups excluding carboxylic acids is 1. The van der Waals surface area contributed by atoms with Gasteiger partial charge < -0.3 is 5.32 Å². The molecule has 0 heterocycles. The summed E-state index contributed by atoms with van der Waals surface area (Å²) in [7, 11) is 0. The molecule has 0 saturated carbocycles. The molecule has 1 N–H and O–H groups in total. The number of amides is 1. The topological polar surface area (TPSA) is 29.1 Å². The number of anilines is 1. The minimum Gasteiger partial charge on any atom is -0.326 e. The van der Waals surface area contributed by atoms with Crippen molar-refractivity contribution < 1.29 is 4.79 Å². The molecule has 0 aliphatic rings. The van der Waals surface area contributed by atoms with E-state index in [4.69, 9.17) is 11.6 Å². The molecule has 0 aliphatic carbocycles. The van der Waals surface area contributed by atoms with Gasteiger partial charge in [-0.25, -0.2) is 0 Å². The van der Waals surface area contributed by atoms with Crippen LogP contribution in [-0.2, 0) is 11.2 Å². The minimum absolute atomic E-state index is 0.0478. The van der Waals surface area contributed by atoms with Gasteiger partial charge in [-0.05, 0) is 54.8 Å². The number of hydrogen-bond acceptors (Lipinski definition) is 1. The lowest BCUT2D eigenvalue weighted by atomic mass is 10.1. The van der Waals surface area contributed by atoms with Crippen LogP contribution < -0.4 is 5.32 Å². The van der Waals surface area contributed by atoms with Crippen LogP contribution in [0.5, 0.6) is 0 Å². The van der Waals surface area contributed by atoms with Crippen molar-refractivity contribution in [1.82, 2.24) is 0 Å². The molecule has 0 fully saturated rings. The first-order valence-corrected chi connectivity index (χ1v) is 7.44. The van der Waals surface area contributed by atoms with Gasteiger partial charge in [0.25, 0.3) is 0 Å². The maximum Gasteiger partial charge on any atom is 0.228 e. The Morgan fingerprint density at radius 1 is 1.20 bits per heavy atom. The van der Waals surface area contributed by atoms with E-state index >= 15 is 0 Å². The predicted molar refractivity (Wildman–Crippen MR) is 87.4 cm³/mol. The lowest BCUT2D eigenvalue weighted by molar-refractivity contribution is -0.115. The molecular formula is C16H15BrClNO. The minimum atomic E-state index is -0.0478. The van der Waals surface area contributed by atoms with Gasteiger partial charge in [0.15, 0.2) is 0 Å². The molecule has 0 spiro atoms. The van der Waals surface area contributed by atoms with E-state index in [2.05, 4.69) is 21.2 Å². The van der Waals surface area contributed by atoms with Crippen molar-refractivity contribution in [3.05, 3.63) is 62.6 Å². The van der Waals surface area contributed by atoms with Crippen LogP contribution in [0.15, 0.2) is 40.9 Å². The molecule has 2 aromatic carbocycles. The number of aryl methyl sites for hydroxylation is 2. The second-order valence-electron chi connectivity index (χ2n) is 4.78. The number of rotatable bonds is 3. The molecule has 2 rings (SSSR count). The Bertz CT molecular complexity index is 632. The zero-order valence-electron chi connectivity index (χ0n) is 11.3. The average molecular weight is 353 g/mol. The summed E-state index contributed by atoms with van der Waals surface area (Å²) in [4.78, 5) is 12.0. The maximum absolute atomic E-state index is 12.0. The van der Waals surface area contributed by atoms with Gasteiger partial charge in [-0.15, -0.1) is 0 Å². The fraction of sp³-hybridized carbons (Fsp3) is 0.188. The monoisotopic (exact) mass is 351 g/mol. The highest BCUT2D eigenvalue weighted by atomic mass is 79.9. The molecule has 2 aromatic rings. The van der Waals surface area contributed by atoms with E-state index in [1.165, 1.54) is 0 Å². The van der Waals surface area contributed by atoms with E-state index < -0.39 is 0 Å². The first-order chi connectivity index (χ1) is 9.45. The predicted octanol–water partition coefficient (Wildman–Crippen LogP) is 4.90. The Labute approximate surface area is 132 Å². The molecule has 20 heavy (non-hydrogen) atoms. The van der Waals surface area contributed by atoms with E-state index in [0.29, 0.717) is 11.4 Å². The fourth-order valence-electron chi connectivity index (χ4n) is 2.06. The summed E-state index contributed by atoms with van der Waals surface area (Å²) in [5, 5.41) is 3.56. The second-order valence-corrected chi connectivity index (χ2v) is 6.01. The molecule has 0 aromatic heterocycles. The number of carbonyl (C=O) groups is 1. The third-order valence-corrected chi connectivity index (χ3v) is 4.46. The Kier molecular flexibility index (Phi) is 4.84. The van der Waals surface area contributed by atoms with Gasteiger partial charge in [-0.2, -0.15) is 0 Å². The summed E-state index contributed by atoms with van der Waals surface area (Å²) in [5.74, 6) is -0.0478. The van der Waals surface area contributed by atoms with Crippen LogP contribution in [0.25, 0.3) is 0 Å². The summed E-state index contributed by atoms with van der Waals surface area (Å²) < 4.78 is 1.07. The van der Waals surface area contributed by atoms with Crippen LogP contribution in [-0.4, -0.2) is 5.91 Å². The van der Waals surface area contributed by atoms with Gasteiger partial charge in [-0.1, -0.05) is 39.7 Å². The molecule has 0 unspecified atom stereocenters. The van der Waals surface area contributed by atoms with Gasteiger partial charge in [0, 0.05) is 15.2 Å². The van der Waals surface area contributed by atoms with Crippen LogP contribution in [0.1, 0.15) is 16.7 Å². The largest absolute Gasteiger partial charge is 0.326 e. The smallest absolute Gasteiger partial charge is 0.228 e. The number of benzene rings is 2.